The lowest BCUT2D eigenvalue weighted by Crippen LogP contribution is -2.27. The number of hydrogen-bond donors (Lipinski definition) is 2. The van der Waals surface area contributed by atoms with E-state index in [9.17, 15) is 9.50 Å². The van der Waals surface area contributed by atoms with Gasteiger partial charge in [0.25, 0.3) is 5.88 Å². The molecule has 0 amide bonds. The molecule has 0 atom stereocenters. The number of pyridine rings is 2. The molecule has 2 N–H and O–H groups in total. The molecular formula is C28H36FN7O2. The molecule has 9 nitrogen and oxygen atoms in total. The number of halogens is 1. The van der Waals surface area contributed by atoms with Crippen molar-refractivity contribution in [3.63, 3.8) is 0 Å². The maximum absolute atomic E-state index is 14.4. The van der Waals surface area contributed by atoms with E-state index in [-0.39, 0.29) is 35.9 Å². The largest absolute Gasteiger partial charge is 0.472 e. The SMILES string of the molecule is CCNc1cc2c(cn1)c(-c1cnn(CC(C)(C)CO)c1)nn2C1CCC(Oc2nccc(C)c2F)CC1. The van der Waals surface area contributed by atoms with Crippen LogP contribution in [-0.2, 0) is 6.54 Å². The molecule has 4 heterocycles. The summed E-state index contributed by atoms with van der Waals surface area (Å²) in [6, 6.07) is 3.89. The van der Waals surface area contributed by atoms with Crippen molar-refractivity contribution >= 4 is 16.7 Å². The number of aliphatic hydroxyl groups excluding tert-OH is 1. The number of nitrogens with zero attached hydrogens (tertiary/aromatic N) is 6. The molecule has 0 spiro atoms. The Bertz CT molecular complexity index is 1410. The van der Waals surface area contributed by atoms with Gasteiger partial charge in [0, 0.05) is 60.7 Å². The van der Waals surface area contributed by atoms with Gasteiger partial charge in [0.15, 0.2) is 5.82 Å². The van der Waals surface area contributed by atoms with E-state index in [1.165, 1.54) is 0 Å². The Morgan fingerprint density at radius 1 is 1.18 bits per heavy atom. The van der Waals surface area contributed by atoms with Crippen LogP contribution in [0.5, 0.6) is 5.88 Å². The van der Waals surface area contributed by atoms with Crippen LogP contribution in [-0.4, -0.2) is 53.9 Å². The third kappa shape index (κ3) is 5.36. The number of aliphatic hydroxyl groups is 1. The van der Waals surface area contributed by atoms with Crippen molar-refractivity contribution in [2.75, 3.05) is 18.5 Å². The molecular weight excluding hydrogens is 485 g/mol. The fourth-order valence-corrected chi connectivity index (χ4v) is 5.03. The minimum Gasteiger partial charge on any atom is -0.472 e. The first-order valence-electron chi connectivity index (χ1n) is 13.3. The van der Waals surface area contributed by atoms with Crippen LogP contribution in [0.4, 0.5) is 10.2 Å². The van der Waals surface area contributed by atoms with Gasteiger partial charge < -0.3 is 15.2 Å². The van der Waals surface area contributed by atoms with Crippen LogP contribution in [0.15, 0.2) is 36.9 Å². The topological polar surface area (TPSA) is 103 Å². The number of nitrogens with one attached hydrogen (secondary N) is 1. The number of fused-ring (bicyclic) bond motifs is 1. The zero-order valence-corrected chi connectivity index (χ0v) is 22.5. The summed E-state index contributed by atoms with van der Waals surface area (Å²) in [5, 5.41) is 23.6. The third-order valence-corrected chi connectivity index (χ3v) is 7.19. The van der Waals surface area contributed by atoms with Crippen LogP contribution < -0.4 is 10.1 Å². The predicted molar refractivity (Wildman–Crippen MR) is 145 cm³/mol. The van der Waals surface area contributed by atoms with Crippen LogP contribution in [0.25, 0.3) is 22.2 Å². The van der Waals surface area contributed by atoms with Crippen molar-refractivity contribution in [3.05, 3.63) is 48.3 Å². The summed E-state index contributed by atoms with van der Waals surface area (Å²) in [6.07, 6.45) is 10.5. The molecule has 1 aliphatic carbocycles. The highest BCUT2D eigenvalue weighted by molar-refractivity contribution is 5.93. The van der Waals surface area contributed by atoms with Crippen molar-refractivity contribution < 1.29 is 14.2 Å². The quantitative estimate of drug-likeness (QED) is 0.314. The zero-order chi connectivity index (χ0) is 26.9. The Morgan fingerprint density at radius 3 is 2.71 bits per heavy atom. The minimum absolute atomic E-state index is 0.0792. The van der Waals surface area contributed by atoms with Gasteiger partial charge in [0.1, 0.15) is 17.6 Å². The number of aryl methyl sites for hydroxylation is 1. The second-order valence-corrected chi connectivity index (χ2v) is 11.0. The second kappa shape index (κ2) is 10.7. The highest BCUT2D eigenvalue weighted by Gasteiger charge is 2.28. The Balaban J connectivity index is 1.41. The van der Waals surface area contributed by atoms with Gasteiger partial charge in [-0.2, -0.15) is 10.2 Å². The van der Waals surface area contributed by atoms with Gasteiger partial charge in [-0.15, -0.1) is 0 Å². The standard InChI is InChI=1S/C28H36FN7O2/c1-5-30-24-12-23-22(14-32-24)26(19-13-33-35(15-19)16-28(3,4)17-37)34-36(23)20-6-8-21(9-7-20)38-27-25(29)18(2)10-11-31-27/h10-15,20-21,37H,5-9,16-17H2,1-4H3,(H,30,32). The molecule has 1 fully saturated rings. The van der Waals surface area contributed by atoms with Crippen molar-refractivity contribution in [1.29, 1.82) is 0 Å². The molecule has 38 heavy (non-hydrogen) atoms. The first kappa shape index (κ1) is 26.1. The van der Waals surface area contributed by atoms with E-state index >= 15 is 0 Å². The van der Waals surface area contributed by atoms with E-state index in [0.717, 1.165) is 60.2 Å². The molecule has 1 aliphatic rings. The number of anilines is 1. The van der Waals surface area contributed by atoms with Crippen molar-refractivity contribution in [3.8, 4) is 17.1 Å². The lowest BCUT2D eigenvalue weighted by Gasteiger charge is -2.29. The van der Waals surface area contributed by atoms with E-state index in [1.807, 2.05) is 44.0 Å². The van der Waals surface area contributed by atoms with Crippen molar-refractivity contribution in [1.82, 2.24) is 29.5 Å². The number of rotatable bonds is 9. The summed E-state index contributed by atoms with van der Waals surface area (Å²) in [5.41, 5.74) is 3.04. The predicted octanol–water partition coefficient (Wildman–Crippen LogP) is 5.15. The smallest absolute Gasteiger partial charge is 0.250 e. The fourth-order valence-electron chi connectivity index (χ4n) is 5.03. The summed E-state index contributed by atoms with van der Waals surface area (Å²) in [6.45, 7) is 9.24. The summed E-state index contributed by atoms with van der Waals surface area (Å²) >= 11 is 0. The summed E-state index contributed by atoms with van der Waals surface area (Å²) in [7, 11) is 0. The van der Waals surface area contributed by atoms with Crippen LogP contribution in [0.1, 0.15) is 58.1 Å². The number of aromatic nitrogens is 6. The average Bonchev–Trinajstić information content (AvgIpc) is 3.51. The molecule has 0 bridgehead atoms. The fraction of sp³-hybridized carbons (Fsp3) is 0.500. The number of ether oxygens (including phenoxy) is 1. The third-order valence-electron chi connectivity index (χ3n) is 7.19. The summed E-state index contributed by atoms with van der Waals surface area (Å²) in [4.78, 5) is 8.70. The Kier molecular flexibility index (Phi) is 7.34. The van der Waals surface area contributed by atoms with E-state index in [1.54, 1.807) is 19.2 Å². The lowest BCUT2D eigenvalue weighted by molar-refractivity contribution is 0.120. The van der Waals surface area contributed by atoms with E-state index in [4.69, 9.17) is 9.84 Å². The molecule has 0 aliphatic heterocycles. The lowest BCUT2D eigenvalue weighted by atomic mass is 9.93. The maximum Gasteiger partial charge on any atom is 0.250 e. The van der Waals surface area contributed by atoms with Crippen LogP contribution in [0, 0.1) is 18.2 Å². The Hall–Kier alpha value is -3.53. The molecule has 4 aromatic rings. The van der Waals surface area contributed by atoms with Crippen LogP contribution in [0.2, 0.25) is 0 Å². The normalized spacial score (nSPS) is 18.2. The average molecular weight is 522 g/mol. The van der Waals surface area contributed by atoms with E-state index in [0.29, 0.717) is 12.1 Å². The van der Waals surface area contributed by atoms with Gasteiger partial charge in [-0.3, -0.25) is 9.36 Å². The molecule has 202 valence electrons. The molecule has 10 heteroatoms. The van der Waals surface area contributed by atoms with E-state index < -0.39 is 0 Å². The van der Waals surface area contributed by atoms with E-state index in [2.05, 4.69) is 31.1 Å². The van der Waals surface area contributed by atoms with Gasteiger partial charge in [-0.25, -0.2) is 14.4 Å². The maximum atomic E-state index is 14.4. The first-order chi connectivity index (χ1) is 18.3. The molecule has 1 saturated carbocycles. The van der Waals surface area contributed by atoms with Gasteiger partial charge in [0.05, 0.1) is 17.8 Å². The number of hydrogen-bond acceptors (Lipinski definition) is 7. The Morgan fingerprint density at radius 2 is 1.97 bits per heavy atom. The highest BCUT2D eigenvalue weighted by atomic mass is 19.1. The van der Waals surface area contributed by atoms with Crippen molar-refractivity contribution in [2.45, 2.75) is 72.1 Å². The molecule has 5 rings (SSSR count). The van der Waals surface area contributed by atoms with Gasteiger partial charge >= 0.3 is 0 Å². The molecule has 0 saturated heterocycles. The molecule has 0 unspecified atom stereocenters. The monoisotopic (exact) mass is 521 g/mol. The molecule has 4 aromatic heterocycles. The van der Waals surface area contributed by atoms with Gasteiger partial charge in [-0.1, -0.05) is 13.8 Å². The molecule has 0 aromatic carbocycles. The van der Waals surface area contributed by atoms with Crippen LogP contribution >= 0.6 is 0 Å². The second-order valence-electron chi connectivity index (χ2n) is 11.0. The van der Waals surface area contributed by atoms with Crippen LogP contribution in [0.3, 0.4) is 0 Å². The summed E-state index contributed by atoms with van der Waals surface area (Å²) < 4.78 is 24.3. The highest BCUT2D eigenvalue weighted by Crippen LogP contribution is 2.36. The van der Waals surface area contributed by atoms with Crippen molar-refractivity contribution in [2.24, 2.45) is 5.41 Å². The zero-order valence-electron chi connectivity index (χ0n) is 22.5. The Labute approximate surface area is 222 Å². The van der Waals surface area contributed by atoms with Gasteiger partial charge in [0.2, 0.25) is 0 Å². The first-order valence-corrected chi connectivity index (χ1v) is 13.3. The minimum atomic E-state index is -0.385. The summed E-state index contributed by atoms with van der Waals surface area (Å²) in [5.74, 6) is 0.512. The molecule has 0 radical (unpaired) electrons. The van der Waals surface area contributed by atoms with Gasteiger partial charge in [-0.05, 0) is 51.2 Å².